The van der Waals surface area contributed by atoms with Crippen LogP contribution in [-0.2, 0) is 22.7 Å². The summed E-state index contributed by atoms with van der Waals surface area (Å²) in [6.45, 7) is 6.33. The highest BCUT2D eigenvalue weighted by molar-refractivity contribution is 6.35. The van der Waals surface area contributed by atoms with Crippen molar-refractivity contribution in [1.29, 1.82) is 0 Å². The second-order valence-electron chi connectivity index (χ2n) is 9.02. The zero-order valence-electron chi connectivity index (χ0n) is 19.5. The van der Waals surface area contributed by atoms with Gasteiger partial charge in [0.05, 0.1) is 12.1 Å². The van der Waals surface area contributed by atoms with Crippen LogP contribution in [0.25, 0.3) is 5.57 Å². The summed E-state index contributed by atoms with van der Waals surface area (Å²) < 4.78 is 0. The summed E-state index contributed by atoms with van der Waals surface area (Å²) in [7, 11) is 0. The number of carbonyl (C=O) groups is 2. The Morgan fingerprint density at radius 3 is 1.79 bits per heavy atom. The average molecular weight is 452 g/mol. The highest BCUT2D eigenvalue weighted by Crippen LogP contribution is 2.33. The smallest absolute Gasteiger partial charge is 0.278 e. The van der Waals surface area contributed by atoms with Crippen LogP contribution in [0.3, 0.4) is 0 Å². The molecular formula is C29H29N3O2. The number of hydrogen-bond acceptors (Lipinski definition) is 4. The summed E-state index contributed by atoms with van der Waals surface area (Å²) >= 11 is 0. The van der Waals surface area contributed by atoms with Crippen molar-refractivity contribution < 1.29 is 9.59 Å². The van der Waals surface area contributed by atoms with Gasteiger partial charge in [-0.3, -0.25) is 19.4 Å². The van der Waals surface area contributed by atoms with E-state index in [9.17, 15) is 9.59 Å². The normalized spacial score (nSPS) is 17.1. The number of amides is 2. The number of benzene rings is 3. The average Bonchev–Trinajstić information content (AvgIpc) is 3.11. The van der Waals surface area contributed by atoms with E-state index >= 15 is 0 Å². The molecule has 0 atom stereocenters. The summed E-state index contributed by atoms with van der Waals surface area (Å²) in [5, 5.41) is 0. The molecule has 0 N–H and O–H groups in total. The number of carbonyl (C=O) groups excluding carboxylic acids is 2. The van der Waals surface area contributed by atoms with Gasteiger partial charge in [0, 0.05) is 32.7 Å². The molecule has 0 saturated carbocycles. The fourth-order valence-electron chi connectivity index (χ4n) is 4.72. The Labute approximate surface area is 200 Å². The molecule has 0 bridgehead atoms. The Morgan fingerprint density at radius 1 is 0.647 bits per heavy atom. The van der Waals surface area contributed by atoms with Gasteiger partial charge >= 0.3 is 0 Å². The van der Waals surface area contributed by atoms with E-state index in [0.29, 0.717) is 11.3 Å². The molecule has 2 aliphatic heterocycles. The number of hydrogen-bond donors (Lipinski definition) is 0. The molecule has 3 aromatic carbocycles. The maximum absolute atomic E-state index is 13.6. The topological polar surface area (TPSA) is 43.9 Å². The Balaban J connectivity index is 1.40. The van der Waals surface area contributed by atoms with E-state index in [1.54, 1.807) is 0 Å². The summed E-state index contributed by atoms with van der Waals surface area (Å²) in [6.07, 6.45) is 0. The molecule has 2 heterocycles. The Bertz CT molecular complexity index is 1200. The van der Waals surface area contributed by atoms with Crippen molar-refractivity contribution in [3.05, 3.63) is 113 Å². The maximum atomic E-state index is 13.6. The van der Waals surface area contributed by atoms with Gasteiger partial charge in [-0.1, -0.05) is 90.5 Å². The molecule has 2 aliphatic rings. The van der Waals surface area contributed by atoms with Crippen molar-refractivity contribution in [2.24, 2.45) is 0 Å². The van der Waals surface area contributed by atoms with E-state index in [1.165, 1.54) is 10.5 Å². The third kappa shape index (κ3) is 4.52. The maximum Gasteiger partial charge on any atom is 0.278 e. The molecule has 5 rings (SSSR count). The second kappa shape index (κ2) is 9.65. The highest BCUT2D eigenvalue weighted by Gasteiger charge is 2.42. The van der Waals surface area contributed by atoms with Crippen LogP contribution in [0.2, 0.25) is 0 Å². The van der Waals surface area contributed by atoms with Gasteiger partial charge in [-0.25, -0.2) is 0 Å². The van der Waals surface area contributed by atoms with Crippen LogP contribution in [0, 0.1) is 6.92 Å². The lowest BCUT2D eigenvalue weighted by Crippen LogP contribution is -2.47. The summed E-state index contributed by atoms with van der Waals surface area (Å²) in [5.41, 5.74) is 5.24. The third-order valence-electron chi connectivity index (χ3n) is 6.60. The molecule has 1 fully saturated rings. The second-order valence-corrected chi connectivity index (χ2v) is 9.02. The van der Waals surface area contributed by atoms with Crippen LogP contribution >= 0.6 is 0 Å². The predicted octanol–water partition coefficient (Wildman–Crippen LogP) is 4.09. The van der Waals surface area contributed by atoms with Crippen molar-refractivity contribution in [2.75, 3.05) is 26.2 Å². The summed E-state index contributed by atoms with van der Waals surface area (Å²) in [4.78, 5) is 33.1. The Morgan fingerprint density at radius 2 is 1.21 bits per heavy atom. The minimum atomic E-state index is -0.209. The molecule has 0 spiro atoms. The fourth-order valence-corrected chi connectivity index (χ4v) is 4.72. The van der Waals surface area contributed by atoms with E-state index in [-0.39, 0.29) is 18.4 Å². The van der Waals surface area contributed by atoms with Crippen LogP contribution in [0.5, 0.6) is 0 Å². The van der Waals surface area contributed by atoms with Gasteiger partial charge in [0.15, 0.2) is 0 Å². The van der Waals surface area contributed by atoms with Gasteiger partial charge in [0.25, 0.3) is 11.8 Å². The van der Waals surface area contributed by atoms with Gasteiger partial charge in [0.2, 0.25) is 0 Å². The lowest BCUT2D eigenvalue weighted by molar-refractivity contribution is -0.138. The lowest BCUT2D eigenvalue weighted by atomic mass is 10.0. The summed E-state index contributed by atoms with van der Waals surface area (Å²) in [5.74, 6) is -0.402. The number of aryl methyl sites for hydroxylation is 1. The first-order valence-corrected chi connectivity index (χ1v) is 11.8. The molecule has 2 amide bonds. The molecule has 0 unspecified atom stereocenters. The van der Waals surface area contributed by atoms with E-state index in [4.69, 9.17) is 0 Å². The molecule has 0 aromatic heterocycles. The molecule has 5 nitrogen and oxygen atoms in total. The zero-order valence-corrected chi connectivity index (χ0v) is 19.5. The van der Waals surface area contributed by atoms with Gasteiger partial charge in [0.1, 0.15) is 5.70 Å². The Hall–Kier alpha value is -3.70. The lowest BCUT2D eigenvalue weighted by Gasteiger charge is -2.36. The predicted molar refractivity (Wildman–Crippen MR) is 133 cm³/mol. The Kier molecular flexibility index (Phi) is 6.28. The quantitative estimate of drug-likeness (QED) is 0.530. The van der Waals surface area contributed by atoms with Gasteiger partial charge in [-0.15, -0.1) is 0 Å². The van der Waals surface area contributed by atoms with Gasteiger partial charge in [-0.05, 0) is 23.6 Å². The first kappa shape index (κ1) is 22.1. The monoisotopic (exact) mass is 451 g/mol. The minimum Gasteiger partial charge on any atom is -0.364 e. The first-order valence-electron chi connectivity index (χ1n) is 11.8. The number of rotatable bonds is 6. The van der Waals surface area contributed by atoms with Crippen molar-refractivity contribution in [3.63, 3.8) is 0 Å². The van der Waals surface area contributed by atoms with Crippen LogP contribution < -0.4 is 0 Å². The van der Waals surface area contributed by atoms with Gasteiger partial charge < -0.3 is 4.90 Å². The fraction of sp³-hybridized carbons (Fsp3) is 0.241. The number of piperazine rings is 1. The highest BCUT2D eigenvalue weighted by atomic mass is 16.2. The van der Waals surface area contributed by atoms with E-state index in [2.05, 4.69) is 34.1 Å². The molecule has 172 valence electrons. The standard InChI is InChI=1S/C29H29N3O2/c1-22-12-14-25(15-13-22)26-27(29(34)32(28(26)33)21-24-10-6-3-7-11-24)31-18-16-30(17-19-31)20-23-8-4-2-5-9-23/h2-15H,16-21H2,1H3. The van der Waals surface area contributed by atoms with E-state index < -0.39 is 0 Å². The molecule has 1 saturated heterocycles. The van der Waals surface area contributed by atoms with Crippen LogP contribution in [0.15, 0.2) is 90.6 Å². The summed E-state index contributed by atoms with van der Waals surface area (Å²) in [6, 6.07) is 28.0. The molecule has 5 heteroatoms. The largest absolute Gasteiger partial charge is 0.364 e. The van der Waals surface area contributed by atoms with Crippen molar-refractivity contribution in [3.8, 4) is 0 Å². The van der Waals surface area contributed by atoms with E-state index in [1.807, 2.05) is 67.6 Å². The van der Waals surface area contributed by atoms with Crippen molar-refractivity contribution >= 4 is 17.4 Å². The third-order valence-corrected chi connectivity index (χ3v) is 6.60. The molecule has 34 heavy (non-hydrogen) atoms. The minimum absolute atomic E-state index is 0.194. The van der Waals surface area contributed by atoms with E-state index in [0.717, 1.165) is 49.4 Å². The van der Waals surface area contributed by atoms with Gasteiger partial charge in [-0.2, -0.15) is 0 Å². The van der Waals surface area contributed by atoms with Crippen molar-refractivity contribution in [1.82, 2.24) is 14.7 Å². The number of nitrogens with zero attached hydrogens (tertiary/aromatic N) is 3. The van der Waals surface area contributed by atoms with Crippen LogP contribution in [0.4, 0.5) is 0 Å². The molecular weight excluding hydrogens is 422 g/mol. The SMILES string of the molecule is Cc1ccc(C2=C(N3CCN(Cc4ccccc4)CC3)C(=O)N(Cc3ccccc3)C2=O)cc1. The molecule has 0 aliphatic carbocycles. The zero-order chi connectivity index (χ0) is 23.5. The van der Waals surface area contributed by atoms with Crippen molar-refractivity contribution in [2.45, 2.75) is 20.0 Å². The molecule has 3 aromatic rings. The van der Waals surface area contributed by atoms with Crippen LogP contribution in [-0.4, -0.2) is 52.7 Å². The first-order chi connectivity index (χ1) is 16.6. The van der Waals surface area contributed by atoms with Crippen LogP contribution in [0.1, 0.15) is 22.3 Å². The molecule has 0 radical (unpaired) electrons. The number of imide groups is 1.